The number of nitrogens with zero attached hydrogens (tertiary/aromatic N) is 3. The topological polar surface area (TPSA) is 90.1 Å². The van der Waals surface area contributed by atoms with Crippen LogP contribution in [0.3, 0.4) is 0 Å². The van der Waals surface area contributed by atoms with Crippen molar-refractivity contribution in [3.05, 3.63) is 76.2 Å². The molecule has 1 aromatic heterocycles. The minimum absolute atomic E-state index is 0.104. The van der Waals surface area contributed by atoms with E-state index in [1.165, 1.54) is 35.0 Å². The molecule has 0 radical (unpaired) electrons. The normalized spacial score (nSPS) is 12.0. The van der Waals surface area contributed by atoms with Gasteiger partial charge in [-0.1, -0.05) is 32.0 Å². The smallest absolute Gasteiger partial charge is 0.271 e. The van der Waals surface area contributed by atoms with Crippen molar-refractivity contribution >= 4 is 11.6 Å². The summed E-state index contributed by atoms with van der Waals surface area (Å²) in [5, 5.41) is 18.4. The molecule has 1 amide bonds. The van der Waals surface area contributed by atoms with Crippen LogP contribution in [0.4, 0.5) is 10.1 Å². The average Bonchev–Trinajstić information content (AvgIpc) is 3.13. The SMILES string of the molecule is CC(C)C(C)NC(=O)c1cc(-c2ccccc2F)nn1-c1cccc([N+](=O)[O-])c1. The van der Waals surface area contributed by atoms with Gasteiger partial charge in [-0.3, -0.25) is 14.9 Å². The van der Waals surface area contributed by atoms with E-state index in [1.807, 2.05) is 20.8 Å². The molecule has 0 aliphatic heterocycles. The van der Waals surface area contributed by atoms with Gasteiger partial charge in [-0.2, -0.15) is 5.10 Å². The summed E-state index contributed by atoms with van der Waals surface area (Å²) >= 11 is 0. The number of rotatable bonds is 6. The quantitative estimate of drug-likeness (QED) is 0.495. The largest absolute Gasteiger partial charge is 0.348 e. The molecule has 0 spiro atoms. The van der Waals surface area contributed by atoms with Gasteiger partial charge in [-0.25, -0.2) is 9.07 Å². The van der Waals surface area contributed by atoms with Crippen LogP contribution in [-0.2, 0) is 0 Å². The van der Waals surface area contributed by atoms with Crippen molar-refractivity contribution in [2.24, 2.45) is 5.92 Å². The summed E-state index contributed by atoms with van der Waals surface area (Å²) in [6.07, 6.45) is 0. The molecule has 0 fully saturated rings. The van der Waals surface area contributed by atoms with Crippen molar-refractivity contribution in [3.63, 3.8) is 0 Å². The lowest BCUT2D eigenvalue weighted by Crippen LogP contribution is -2.37. The molecule has 8 heteroatoms. The Labute approximate surface area is 167 Å². The van der Waals surface area contributed by atoms with Crippen LogP contribution < -0.4 is 5.32 Å². The molecule has 0 aliphatic rings. The molecule has 7 nitrogen and oxygen atoms in total. The zero-order valence-corrected chi connectivity index (χ0v) is 16.3. The highest BCUT2D eigenvalue weighted by Gasteiger charge is 2.22. The third kappa shape index (κ3) is 4.31. The summed E-state index contributed by atoms with van der Waals surface area (Å²) in [5.74, 6) is -0.661. The first kappa shape index (κ1) is 20.2. The van der Waals surface area contributed by atoms with Gasteiger partial charge in [0.1, 0.15) is 11.5 Å². The number of non-ortho nitro benzene ring substituents is 1. The zero-order valence-electron chi connectivity index (χ0n) is 16.3. The number of halogens is 1. The molecule has 29 heavy (non-hydrogen) atoms. The van der Waals surface area contributed by atoms with Gasteiger partial charge in [-0.05, 0) is 37.1 Å². The molecular formula is C21H21FN4O3. The van der Waals surface area contributed by atoms with Crippen molar-refractivity contribution in [3.8, 4) is 16.9 Å². The standard InChI is InChI=1S/C21H21FN4O3/c1-13(2)14(3)23-21(27)20-12-19(17-9-4-5-10-18(17)22)24-25(20)15-7-6-8-16(11-15)26(28)29/h4-14H,1-3H3,(H,23,27). The minimum atomic E-state index is -0.522. The number of amides is 1. The van der Waals surface area contributed by atoms with Gasteiger partial charge in [-0.15, -0.1) is 0 Å². The first-order valence-electron chi connectivity index (χ1n) is 9.18. The first-order valence-corrected chi connectivity index (χ1v) is 9.18. The molecule has 0 aliphatic carbocycles. The summed E-state index contributed by atoms with van der Waals surface area (Å²) < 4.78 is 15.6. The molecule has 1 heterocycles. The third-order valence-corrected chi connectivity index (χ3v) is 4.74. The van der Waals surface area contributed by atoms with E-state index in [9.17, 15) is 19.3 Å². The van der Waals surface area contributed by atoms with E-state index in [2.05, 4.69) is 10.4 Å². The van der Waals surface area contributed by atoms with E-state index in [-0.39, 0.29) is 34.6 Å². The van der Waals surface area contributed by atoms with Crippen LogP contribution in [0.1, 0.15) is 31.3 Å². The van der Waals surface area contributed by atoms with E-state index in [0.717, 1.165) is 0 Å². The third-order valence-electron chi connectivity index (χ3n) is 4.74. The van der Waals surface area contributed by atoms with Crippen LogP contribution in [0.5, 0.6) is 0 Å². The number of hydrogen-bond donors (Lipinski definition) is 1. The van der Waals surface area contributed by atoms with Crippen molar-refractivity contribution < 1.29 is 14.1 Å². The molecule has 2 aromatic carbocycles. The Morgan fingerprint density at radius 1 is 1.14 bits per heavy atom. The Kier molecular flexibility index (Phi) is 5.72. The highest BCUT2D eigenvalue weighted by molar-refractivity contribution is 5.94. The predicted molar refractivity (Wildman–Crippen MR) is 107 cm³/mol. The second-order valence-corrected chi connectivity index (χ2v) is 7.09. The van der Waals surface area contributed by atoms with Crippen LogP contribution in [0, 0.1) is 21.8 Å². The molecular weight excluding hydrogens is 375 g/mol. The lowest BCUT2D eigenvalue weighted by atomic mass is 10.1. The second-order valence-electron chi connectivity index (χ2n) is 7.09. The fraction of sp³-hybridized carbons (Fsp3) is 0.238. The van der Waals surface area contributed by atoms with Crippen LogP contribution in [0.2, 0.25) is 0 Å². The van der Waals surface area contributed by atoms with E-state index in [0.29, 0.717) is 5.69 Å². The Morgan fingerprint density at radius 2 is 1.86 bits per heavy atom. The zero-order chi connectivity index (χ0) is 21.1. The summed E-state index contributed by atoms with van der Waals surface area (Å²) in [6.45, 7) is 5.84. The summed E-state index contributed by atoms with van der Waals surface area (Å²) in [4.78, 5) is 23.5. The predicted octanol–water partition coefficient (Wildman–Crippen LogP) is 4.36. The molecule has 3 aromatic rings. The number of nitrogens with one attached hydrogen (secondary N) is 1. The number of carbonyl (C=O) groups excluding carboxylic acids is 1. The average molecular weight is 396 g/mol. The van der Waals surface area contributed by atoms with E-state index in [1.54, 1.807) is 24.3 Å². The Balaban J connectivity index is 2.13. The number of carbonyl (C=O) groups is 1. The molecule has 1 unspecified atom stereocenters. The molecule has 0 bridgehead atoms. The fourth-order valence-electron chi connectivity index (χ4n) is 2.73. The Morgan fingerprint density at radius 3 is 2.52 bits per heavy atom. The lowest BCUT2D eigenvalue weighted by Gasteiger charge is -2.17. The maximum Gasteiger partial charge on any atom is 0.271 e. The molecule has 150 valence electrons. The van der Waals surface area contributed by atoms with Crippen molar-refractivity contribution in [1.82, 2.24) is 15.1 Å². The number of hydrogen-bond acceptors (Lipinski definition) is 4. The lowest BCUT2D eigenvalue weighted by molar-refractivity contribution is -0.384. The summed E-state index contributed by atoms with van der Waals surface area (Å²) in [6, 6.07) is 13.3. The van der Waals surface area contributed by atoms with Gasteiger partial charge < -0.3 is 5.32 Å². The van der Waals surface area contributed by atoms with Gasteiger partial charge in [0.15, 0.2) is 0 Å². The van der Waals surface area contributed by atoms with Crippen molar-refractivity contribution in [2.45, 2.75) is 26.8 Å². The van der Waals surface area contributed by atoms with E-state index >= 15 is 0 Å². The Bertz CT molecular complexity index is 1060. The van der Waals surface area contributed by atoms with Crippen LogP contribution in [-0.4, -0.2) is 26.7 Å². The van der Waals surface area contributed by atoms with Crippen LogP contribution in [0.25, 0.3) is 16.9 Å². The number of benzene rings is 2. The maximum atomic E-state index is 14.3. The summed E-state index contributed by atoms with van der Waals surface area (Å²) in [5.41, 5.74) is 0.868. The monoisotopic (exact) mass is 396 g/mol. The number of nitro groups is 1. The number of nitro benzene ring substituents is 1. The van der Waals surface area contributed by atoms with Gasteiger partial charge >= 0.3 is 0 Å². The van der Waals surface area contributed by atoms with Crippen LogP contribution in [0.15, 0.2) is 54.6 Å². The first-order chi connectivity index (χ1) is 13.8. The van der Waals surface area contributed by atoms with Crippen molar-refractivity contribution in [1.29, 1.82) is 0 Å². The molecule has 1 atom stereocenters. The van der Waals surface area contributed by atoms with E-state index < -0.39 is 16.6 Å². The molecule has 1 N–H and O–H groups in total. The second kappa shape index (κ2) is 8.22. The minimum Gasteiger partial charge on any atom is -0.348 e. The molecule has 0 saturated heterocycles. The van der Waals surface area contributed by atoms with E-state index in [4.69, 9.17) is 0 Å². The van der Waals surface area contributed by atoms with Gasteiger partial charge in [0, 0.05) is 23.7 Å². The maximum absolute atomic E-state index is 14.3. The highest BCUT2D eigenvalue weighted by Crippen LogP contribution is 2.25. The fourth-order valence-corrected chi connectivity index (χ4v) is 2.73. The van der Waals surface area contributed by atoms with Crippen LogP contribution >= 0.6 is 0 Å². The highest BCUT2D eigenvalue weighted by atomic mass is 19.1. The van der Waals surface area contributed by atoms with Gasteiger partial charge in [0.05, 0.1) is 16.3 Å². The number of aromatic nitrogens is 2. The molecule has 3 rings (SSSR count). The molecule has 0 saturated carbocycles. The Hall–Kier alpha value is -3.55. The summed E-state index contributed by atoms with van der Waals surface area (Å²) in [7, 11) is 0. The van der Waals surface area contributed by atoms with Crippen molar-refractivity contribution in [2.75, 3.05) is 0 Å². The van der Waals surface area contributed by atoms with Gasteiger partial charge in [0.25, 0.3) is 11.6 Å². The van der Waals surface area contributed by atoms with Gasteiger partial charge in [0.2, 0.25) is 0 Å².